The third-order valence-electron chi connectivity index (χ3n) is 2.60. The van der Waals surface area contributed by atoms with Gasteiger partial charge in [-0.3, -0.25) is 9.59 Å². The van der Waals surface area contributed by atoms with Gasteiger partial charge in [-0.1, -0.05) is 24.3 Å². The number of hydrogen-bond donors (Lipinski definition) is 0. The minimum Gasteiger partial charge on any atom is -0.267 e. The second-order valence-electron chi connectivity index (χ2n) is 3.82. The largest absolute Gasteiger partial charge is 0.275 e. The zero-order chi connectivity index (χ0) is 14.0. The Balaban J connectivity index is 2.37. The number of allylic oxidation sites excluding steroid dienone is 1. The van der Waals surface area contributed by atoms with Gasteiger partial charge in [0.2, 0.25) is 10.0 Å². The van der Waals surface area contributed by atoms with Crippen LogP contribution in [0.3, 0.4) is 0 Å². The van der Waals surface area contributed by atoms with Gasteiger partial charge in [-0.2, -0.15) is 4.31 Å². The smallest absolute Gasteiger partial charge is 0.267 e. The third-order valence-corrected chi connectivity index (χ3v) is 4.28. The first-order valence-corrected chi connectivity index (χ1v) is 7.55. The zero-order valence-corrected chi connectivity index (χ0v) is 11.3. The molecule has 0 saturated heterocycles. The molecule has 0 aromatic heterocycles. The van der Waals surface area contributed by atoms with Gasteiger partial charge in [0.05, 0.1) is 16.9 Å². The topological polar surface area (TPSA) is 71.5 Å². The summed E-state index contributed by atoms with van der Waals surface area (Å²) in [5.41, 5.74) is 0.217. The normalized spacial score (nSPS) is 15.3. The van der Waals surface area contributed by atoms with Gasteiger partial charge < -0.3 is 0 Å². The molecule has 1 aliphatic heterocycles. The molecule has 0 N–H and O–H groups in total. The molecule has 0 bridgehead atoms. The quantitative estimate of drug-likeness (QED) is 0.479. The van der Waals surface area contributed by atoms with Crippen LogP contribution in [-0.4, -0.2) is 36.2 Å². The van der Waals surface area contributed by atoms with Crippen LogP contribution in [0, 0.1) is 0 Å². The summed E-state index contributed by atoms with van der Waals surface area (Å²) < 4.78 is 24.3. The standard InChI is InChI=1S/C12H10ClNO4S/c13-7-3-4-8-19(17,18)14-11(15)9-5-1-2-6-10(9)12(14)16/h1-6H,7-8H2. The van der Waals surface area contributed by atoms with Crippen molar-refractivity contribution in [2.45, 2.75) is 0 Å². The van der Waals surface area contributed by atoms with Crippen LogP contribution in [0.2, 0.25) is 0 Å². The van der Waals surface area contributed by atoms with E-state index in [4.69, 9.17) is 11.6 Å². The van der Waals surface area contributed by atoms with Crippen molar-refractivity contribution in [3.63, 3.8) is 0 Å². The number of sulfonamides is 1. The summed E-state index contributed by atoms with van der Waals surface area (Å²) >= 11 is 5.39. The molecule has 19 heavy (non-hydrogen) atoms. The molecule has 0 saturated carbocycles. The number of alkyl halides is 1. The highest BCUT2D eigenvalue weighted by molar-refractivity contribution is 7.90. The van der Waals surface area contributed by atoms with Crippen molar-refractivity contribution in [3.05, 3.63) is 47.5 Å². The van der Waals surface area contributed by atoms with Crippen molar-refractivity contribution in [2.24, 2.45) is 0 Å². The van der Waals surface area contributed by atoms with Crippen molar-refractivity contribution in [2.75, 3.05) is 11.6 Å². The number of amides is 2. The lowest BCUT2D eigenvalue weighted by Crippen LogP contribution is -2.37. The molecule has 2 amide bonds. The van der Waals surface area contributed by atoms with Crippen molar-refractivity contribution in [3.8, 4) is 0 Å². The fourth-order valence-corrected chi connectivity index (χ4v) is 3.10. The predicted octanol–water partition coefficient (Wildman–Crippen LogP) is 1.41. The SMILES string of the molecule is O=C1c2ccccc2C(=O)N1S(=O)(=O)CC=CCCl. The van der Waals surface area contributed by atoms with Gasteiger partial charge in [0, 0.05) is 5.88 Å². The Hall–Kier alpha value is -1.66. The molecule has 0 aliphatic carbocycles. The molecule has 0 atom stereocenters. The highest BCUT2D eigenvalue weighted by atomic mass is 35.5. The Labute approximate surface area is 115 Å². The lowest BCUT2D eigenvalue weighted by Gasteiger charge is -2.12. The maximum absolute atomic E-state index is 12.0. The van der Waals surface area contributed by atoms with Gasteiger partial charge in [-0.15, -0.1) is 11.6 Å². The number of carbonyl (C=O) groups excluding carboxylic acids is 2. The Morgan fingerprint density at radius 2 is 1.58 bits per heavy atom. The van der Waals surface area contributed by atoms with Crippen molar-refractivity contribution in [1.82, 2.24) is 4.31 Å². The third kappa shape index (κ3) is 2.41. The lowest BCUT2D eigenvalue weighted by atomic mass is 10.1. The molecule has 1 aliphatic rings. The van der Waals surface area contributed by atoms with E-state index in [0.717, 1.165) is 0 Å². The van der Waals surface area contributed by atoms with Gasteiger partial charge >= 0.3 is 0 Å². The van der Waals surface area contributed by atoms with Crippen LogP contribution in [0.25, 0.3) is 0 Å². The van der Waals surface area contributed by atoms with Crippen LogP contribution >= 0.6 is 11.6 Å². The van der Waals surface area contributed by atoms with E-state index in [0.29, 0.717) is 4.31 Å². The van der Waals surface area contributed by atoms with Gasteiger partial charge in [-0.25, -0.2) is 8.42 Å². The number of rotatable bonds is 4. The maximum atomic E-state index is 12.0. The summed E-state index contributed by atoms with van der Waals surface area (Å²) in [6.07, 6.45) is 2.75. The molecule has 0 unspecified atom stereocenters. The Kier molecular flexibility index (Phi) is 3.73. The van der Waals surface area contributed by atoms with Crippen LogP contribution < -0.4 is 0 Å². The maximum Gasteiger partial charge on any atom is 0.275 e. The molecule has 5 nitrogen and oxygen atoms in total. The summed E-state index contributed by atoms with van der Waals surface area (Å²) in [6, 6.07) is 6.01. The number of carbonyl (C=O) groups is 2. The molecule has 0 radical (unpaired) electrons. The molecule has 0 spiro atoms. The van der Waals surface area contributed by atoms with Crippen LogP contribution in [0.15, 0.2) is 36.4 Å². The van der Waals surface area contributed by atoms with E-state index in [1.54, 1.807) is 12.1 Å². The molecule has 2 rings (SSSR count). The average molecular weight is 300 g/mol. The number of nitrogens with zero attached hydrogens (tertiary/aromatic N) is 1. The minimum absolute atomic E-state index is 0.109. The van der Waals surface area contributed by atoms with Gasteiger partial charge in [0.1, 0.15) is 0 Å². The predicted molar refractivity (Wildman–Crippen MR) is 70.6 cm³/mol. The first kappa shape index (κ1) is 13.8. The van der Waals surface area contributed by atoms with Crippen molar-refractivity contribution < 1.29 is 18.0 Å². The number of fused-ring (bicyclic) bond motifs is 1. The summed E-state index contributed by atoms with van der Waals surface area (Å²) in [4.78, 5) is 23.9. The van der Waals surface area contributed by atoms with Gasteiger partial charge in [0.15, 0.2) is 0 Å². The number of benzene rings is 1. The molecule has 1 aromatic rings. The second-order valence-corrected chi connectivity index (χ2v) is 6.00. The molecule has 1 aromatic carbocycles. The molecule has 7 heteroatoms. The second kappa shape index (κ2) is 5.14. The van der Waals surface area contributed by atoms with E-state index < -0.39 is 27.6 Å². The van der Waals surface area contributed by atoms with Crippen LogP contribution in [0.4, 0.5) is 0 Å². The van der Waals surface area contributed by atoms with E-state index in [1.807, 2.05) is 0 Å². The molecular weight excluding hydrogens is 290 g/mol. The van der Waals surface area contributed by atoms with E-state index in [2.05, 4.69) is 0 Å². The number of halogens is 1. The Morgan fingerprint density at radius 1 is 1.05 bits per heavy atom. The molecule has 100 valence electrons. The van der Waals surface area contributed by atoms with Gasteiger partial charge in [0.25, 0.3) is 11.8 Å². The minimum atomic E-state index is -4.01. The first-order valence-electron chi connectivity index (χ1n) is 5.40. The summed E-state index contributed by atoms with van der Waals surface area (Å²) in [7, 11) is -4.01. The summed E-state index contributed by atoms with van der Waals surface area (Å²) in [5.74, 6) is -1.89. The lowest BCUT2D eigenvalue weighted by molar-refractivity contribution is 0.0766. The van der Waals surface area contributed by atoms with E-state index in [1.165, 1.54) is 24.3 Å². The average Bonchev–Trinajstić information content (AvgIpc) is 2.63. The van der Waals surface area contributed by atoms with Crippen molar-refractivity contribution in [1.29, 1.82) is 0 Å². The van der Waals surface area contributed by atoms with Gasteiger partial charge in [-0.05, 0) is 12.1 Å². The fraction of sp³-hybridized carbons (Fsp3) is 0.167. The molecular formula is C12H10ClNO4S. The van der Waals surface area contributed by atoms with E-state index >= 15 is 0 Å². The highest BCUT2D eigenvalue weighted by Gasteiger charge is 2.42. The highest BCUT2D eigenvalue weighted by Crippen LogP contribution is 2.25. The Morgan fingerprint density at radius 3 is 2.05 bits per heavy atom. The summed E-state index contributed by atoms with van der Waals surface area (Å²) in [5, 5.41) is 0. The number of imide groups is 1. The molecule has 1 heterocycles. The van der Waals surface area contributed by atoms with Crippen LogP contribution in [-0.2, 0) is 10.0 Å². The molecule has 0 fully saturated rings. The monoisotopic (exact) mass is 299 g/mol. The van der Waals surface area contributed by atoms with E-state index in [-0.39, 0.29) is 17.0 Å². The van der Waals surface area contributed by atoms with Crippen LogP contribution in [0.1, 0.15) is 20.7 Å². The Bertz CT molecular complexity index is 631. The van der Waals surface area contributed by atoms with Crippen LogP contribution in [0.5, 0.6) is 0 Å². The van der Waals surface area contributed by atoms with E-state index in [9.17, 15) is 18.0 Å². The van der Waals surface area contributed by atoms with Crippen molar-refractivity contribution >= 4 is 33.4 Å². The zero-order valence-electron chi connectivity index (χ0n) is 9.74. The number of hydrogen-bond acceptors (Lipinski definition) is 4. The summed E-state index contributed by atoms with van der Waals surface area (Å²) in [6.45, 7) is 0. The fourth-order valence-electron chi connectivity index (χ4n) is 1.75. The first-order chi connectivity index (χ1) is 8.99.